The molecule has 164 valence electrons. The van der Waals surface area contributed by atoms with Gasteiger partial charge in [-0.25, -0.2) is 4.98 Å². The lowest BCUT2D eigenvalue weighted by atomic mass is 10.2. The van der Waals surface area contributed by atoms with Gasteiger partial charge >= 0.3 is 0 Å². The molecule has 2 N–H and O–H groups in total. The first-order valence-corrected chi connectivity index (χ1v) is 10.5. The molecule has 8 heteroatoms. The van der Waals surface area contributed by atoms with Crippen LogP contribution in [0.5, 0.6) is 11.5 Å². The second-order valence-electron chi connectivity index (χ2n) is 7.42. The molecule has 1 fully saturated rings. The molecule has 31 heavy (non-hydrogen) atoms. The molecule has 1 aromatic heterocycles. The third kappa shape index (κ3) is 5.81. The molecule has 0 unspecified atom stereocenters. The number of hydrogen-bond donors (Lipinski definition) is 2. The van der Waals surface area contributed by atoms with Gasteiger partial charge in [-0.15, -0.1) is 0 Å². The maximum Gasteiger partial charge on any atom is 0.124 e. The summed E-state index contributed by atoms with van der Waals surface area (Å²) in [6.07, 6.45) is 1.84. The summed E-state index contributed by atoms with van der Waals surface area (Å²) in [5.74, 6) is 1.46. The van der Waals surface area contributed by atoms with Crippen LogP contribution in [0.2, 0.25) is 0 Å². The van der Waals surface area contributed by atoms with E-state index in [0.717, 1.165) is 79.0 Å². The van der Waals surface area contributed by atoms with Gasteiger partial charge in [-0.1, -0.05) is 0 Å². The minimum atomic E-state index is 0.692. The highest BCUT2D eigenvalue weighted by Crippen LogP contribution is 2.28. The van der Waals surface area contributed by atoms with Gasteiger partial charge in [0, 0.05) is 62.3 Å². The Balaban J connectivity index is 1.40. The number of rotatable bonds is 9. The highest BCUT2D eigenvalue weighted by Gasteiger charge is 2.09. The minimum absolute atomic E-state index is 0.692. The molecule has 1 saturated heterocycles. The molecule has 0 atom stereocenters. The number of anilines is 2. The molecule has 3 aromatic rings. The van der Waals surface area contributed by atoms with Crippen LogP contribution in [0.3, 0.4) is 0 Å². The number of aromatic nitrogens is 2. The quantitative estimate of drug-likeness (QED) is 0.509. The normalized spacial score (nSPS) is 14.5. The summed E-state index contributed by atoms with van der Waals surface area (Å²) >= 11 is 0. The van der Waals surface area contributed by atoms with E-state index in [1.165, 1.54) is 0 Å². The van der Waals surface area contributed by atoms with E-state index in [4.69, 9.17) is 19.2 Å². The van der Waals surface area contributed by atoms with E-state index < -0.39 is 0 Å². The number of hydrogen-bond acceptors (Lipinski definition) is 8. The monoisotopic (exact) mass is 423 g/mol. The van der Waals surface area contributed by atoms with Crippen molar-refractivity contribution < 1.29 is 14.2 Å². The van der Waals surface area contributed by atoms with Crippen LogP contribution >= 0.6 is 0 Å². The fraction of sp³-hybridized carbons (Fsp3) is 0.391. The predicted octanol–water partition coefficient (Wildman–Crippen LogP) is 2.81. The summed E-state index contributed by atoms with van der Waals surface area (Å²) in [6, 6.07) is 11.7. The first-order valence-electron chi connectivity index (χ1n) is 10.5. The smallest absolute Gasteiger partial charge is 0.124 e. The van der Waals surface area contributed by atoms with E-state index in [1.54, 1.807) is 14.2 Å². The summed E-state index contributed by atoms with van der Waals surface area (Å²) in [7, 11) is 3.28. The molecule has 1 aliphatic rings. The van der Waals surface area contributed by atoms with E-state index in [1.807, 2.05) is 42.6 Å². The van der Waals surface area contributed by atoms with Gasteiger partial charge in [0.15, 0.2) is 0 Å². The molecule has 0 radical (unpaired) electrons. The number of nitrogens with zero attached hydrogens (tertiary/aromatic N) is 3. The van der Waals surface area contributed by atoms with Crippen molar-refractivity contribution in [3.05, 3.63) is 48.3 Å². The van der Waals surface area contributed by atoms with Crippen molar-refractivity contribution in [2.24, 2.45) is 0 Å². The van der Waals surface area contributed by atoms with Crippen LogP contribution in [0.25, 0.3) is 11.0 Å². The lowest BCUT2D eigenvalue weighted by molar-refractivity contribution is 0.0384. The zero-order valence-electron chi connectivity index (χ0n) is 18.1. The Morgan fingerprint density at radius 2 is 1.74 bits per heavy atom. The van der Waals surface area contributed by atoms with Crippen molar-refractivity contribution in [1.29, 1.82) is 0 Å². The molecule has 0 spiro atoms. The summed E-state index contributed by atoms with van der Waals surface area (Å²) in [6.45, 7) is 6.29. The third-order valence-corrected chi connectivity index (χ3v) is 5.25. The topological polar surface area (TPSA) is 80.8 Å². The Hall–Kier alpha value is -2.94. The first-order chi connectivity index (χ1) is 15.2. The molecular weight excluding hydrogens is 394 g/mol. The fourth-order valence-electron chi connectivity index (χ4n) is 3.54. The standard InChI is InChI=1S/C23H29N5O3/c1-29-20-11-18(12-21(14-20)30-2)26-17-3-4-22-23(13-17)27-19(16-25-22)15-24-5-6-28-7-9-31-10-8-28/h3-4,11-14,16,24,26H,5-10,15H2,1-2H3. The van der Waals surface area contributed by atoms with Gasteiger partial charge in [-0.3, -0.25) is 9.88 Å². The molecule has 2 aromatic carbocycles. The Morgan fingerprint density at radius 3 is 2.48 bits per heavy atom. The molecular formula is C23H29N5O3. The van der Waals surface area contributed by atoms with Crippen LogP contribution in [-0.4, -0.2) is 68.5 Å². The van der Waals surface area contributed by atoms with E-state index in [-0.39, 0.29) is 0 Å². The summed E-state index contributed by atoms with van der Waals surface area (Å²) < 4.78 is 16.1. The number of morpholine rings is 1. The lowest BCUT2D eigenvalue weighted by Crippen LogP contribution is -2.40. The van der Waals surface area contributed by atoms with Crippen molar-refractivity contribution in [3.63, 3.8) is 0 Å². The molecule has 1 aliphatic heterocycles. The third-order valence-electron chi connectivity index (χ3n) is 5.25. The minimum Gasteiger partial charge on any atom is -0.497 e. The second-order valence-corrected chi connectivity index (χ2v) is 7.42. The van der Waals surface area contributed by atoms with Gasteiger partial charge in [-0.2, -0.15) is 0 Å². The molecule has 0 amide bonds. The maximum absolute atomic E-state index is 5.39. The largest absolute Gasteiger partial charge is 0.497 e. The van der Waals surface area contributed by atoms with Crippen molar-refractivity contribution in [2.75, 3.05) is 58.9 Å². The van der Waals surface area contributed by atoms with E-state index in [9.17, 15) is 0 Å². The van der Waals surface area contributed by atoms with Gasteiger partial charge in [0.25, 0.3) is 0 Å². The molecule has 0 aliphatic carbocycles. The summed E-state index contributed by atoms with van der Waals surface area (Å²) in [5.41, 5.74) is 4.45. The summed E-state index contributed by atoms with van der Waals surface area (Å²) in [4.78, 5) is 11.7. The zero-order chi connectivity index (χ0) is 21.5. The average Bonchev–Trinajstić information content (AvgIpc) is 2.82. The van der Waals surface area contributed by atoms with Gasteiger partial charge in [0.2, 0.25) is 0 Å². The van der Waals surface area contributed by atoms with Gasteiger partial charge in [0.05, 0.1) is 50.4 Å². The number of benzene rings is 2. The lowest BCUT2D eigenvalue weighted by Gasteiger charge is -2.26. The molecule has 2 heterocycles. The zero-order valence-corrected chi connectivity index (χ0v) is 18.1. The van der Waals surface area contributed by atoms with Crippen LogP contribution in [0.1, 0.15) is 5.69 Å². The average molecular weight is 424 g/mol. The van der Waals surface area contributed by atoms with Crippen LogP contribution in [0, 0.1) is 0 Å². The van der Waals surface area contributed by atoms with Crippen molar-refractivity contribution in [2.45, 2.75) is 6.54 Å². The van der Waals surface area contributed by atoms with Crippen LogP contribution in [0.15, 0.2) is 42.6 Å². The first kappa shape index (κ1) is 21.3. The Bertz CT molecular complexity index is 985. The number of ether oxygens (including phenoxy) is 3. The molecule has 0 bridgehead atoms. The fourth-order valence-corrected chi connectivity index (χ4v) is 3.54. The van der Waals surface area contributed by atoms with E-state index in [2.05, 4.69) is 20.5 Å². The molecule has 0 saturated carbocycles. The van der Waals surface area contributed by atoms with E-state index >= 15 is 0 Å². The number of methoxy groups -OCH3 is 2. The highest BCUT2D eigenvalue weighted by atomic mass is 16.5. The maximum atomic E-state index is 5.39. The van der Waals surface area contributed by atoms with Crippen LogP contribution < -0.4 is 20.1 Å². The van der Waals surface area contributed by atoms with Crippen LogP contribution in [0.4, 0.5) is 11.4 Å². The predicted molar refractivity (Wildman–Crippen MR) is 121 cm³/mol. The van der Waals surface area contributed by atoms with Gasteiger partial charge < -0.3 is 24.8 Å². The van der Waals surface area contributed by atoms with Crippen LogP contribution in [-0.2, 0) is 11.3 Å². The van der Waals surface area contributed by atoms with Crippen molar-refractivity contribution in [3.8, 4) is 11.5 Å². The Kier molecular flexibility index (Phi) is 7.14. The highest BCUT2D eigenvalue weighted by molar-refractivity contribution is 5.80. The van der Waals surface area contributed by atoms with Crippen molar-refractivity contribution in [1.82, 2.24) is 20.2 Å². The molecule has 8 nitrogen and oxygen atoms in total. The Labute approximate surface area is 182 Å². The second kappa shape index (κ2) is 10.4. The van der Waals surface area contributed by atoms with E-state index in [0.29, 0.717) is 6.54 Å². The van der Waals surface area contributed by atoms with Gasteiger partial charge in [0.1, 0.15) is 11.5 Å². The SMILES string of the molecule is COc1cc(Nc2ccc3ncc(CNCCN4CCOCC4)nc3c2)cc(OC)c1. The molecule has 4 rings (SSSR count). The summed E-state index contributed by atoms with van der Waals surface area (Å²) in [5, 5.41) is 6.86. The Morgan fingerprint density at radius 1 is 0.968 bits per heavy atom. The van der Waals surface area contributed by atoms with Crippen molar-refractivity contribution >= 4 is 22.4 Å². The number of nitrogens with one attached hydrogen (secondary N) is 2. The number of fused-ring (bicyclic) bond motifs is 1. The van der Waals surface area contributed by atoms with Gasteiger partial charge in [-0.05, 0) is 18.2 Å².